The van der Waals surface area contributed by atoms with Gasteiger partial charge in [-0.2, -0.15) is 0 Å². The van der Waals surface area contributed by atoms with Crippen LogP contribution in [0.2, 0.25) is 5.02 Å². The second kappa shape index (κ2) is 8.36. The number of carbonyl (C=O) groups is 1. The molecule has 2 heterocycles. The molecule has 0 spiro atoms. The van der Waals surface area contributed by atoms with Crippen molar-refractivity contribution in [2.45, 2.75) is 56.9 Å². The van der Waals surface area contributed by atoms with E-state index in [1.165, 1.54) is 5.56 Å². The number of nitrogens with one attached hydrogen (secondary N) is 1. The molecule has 0 atom stereocenters. The molecule has 1 aliphatic rings. The van der Waals surface area contributed by atoms with Gasteiger partial charge in [-0.1, -0.05) is 42.7 Å². The third kappa shape index (κ3) is 3.94. The van der Waals surface area contributed by atoms with E-state index in [4.69, 9.17) is 21.9 Å². The van der Waals surface area contributed by atoms with E-state index in [2.05, 4.69) is 21.5 Å². The van der Waals surface area contributed by atoms with Gasteiger partial charge < -0.3 is 15.6 Å². The van der Waals surface area contributed by atoms with Crippen molar-refractivity contribution >= 4 is 28.6 Å². The molecule has 158 valence electrons. The fourth-order valence-electron chi connectivity index (χ4n) is 4.40. The second-order valence-corrected chi connectivity index (χ2v) is 8.98. The number of rotatable bonds is 5. The molecule has 0 unspecified atom stereocenters. The van der Waals surface area contributed by atoms with Crippen molar-refractivity contribution in [3.63, 3.8) is 0 Å². The number of carbonyl (C=O) groups excluding carboxylic acids is 1. The van der Waals surface area contributed by atoms with Gasteiger partial charge in [-0.25, -0.2) is 4.98 Å². The average molecular weight is 427 g/mol. The largest absolute Gasteiger partial charge is 0.349 e. The maximum absolute atomic E-state index is 12.9. The SMILES string of the molecule is CC(C)c1noc2ncc(C(=O)N[C@H]3CC[C@](CN)(c4cccc(Cl)c4)CC3)cc12. The van der Waals surface area contributed by atoms with Gasteiger partial charge in [0.15, 0.2) is 0 Å². The van der Waals surface area contributed by atoms with Crippen LogP contribution < -0.4 is 11.1 Å². The summed E-state index contributed by atoms with van der Waals surface area (Å²) in [6, 6.07) is 9.90. The lowest BCUT2D eigenvalue weighted by Gasteiger charge is -2.40. The highest BCUT2D eigenvalue weighted by Gasteiger charge is 2.36. The van der Waals surface area contributed by atoms with E-state index in [-0.39, 0.29) is 23.3 Å². The molecule has 4 rings (SSSR count). The Hall–Kier alpha value is -2.44. The zero-order chi connectivity index (χ0) is 21.3. The number of halogens is 1. The molecular formula is C23H27ClN4O2. The van der Waals surface area contributed by atoms with Crippen molar-refractivity contribution in [3.05, 3.63) is 58.4 Å². The second-order valence-electron chi connectivity index (χ2n) is 8.54. The summed E-state index contributed by atoms with van der Waals surface area (Å²) in [4.78, 5) is 17.1. The molecule has 1 saturated carbocycles. The first-order chi connectivity index (χ1) is 14.4. The van der Waals surface area contributed by atoms with E-state index in [1.54, 1.807) is 6.20 Å². The lowest BCUT2D eigenvalue weighted by Crippen LogP contribution is -2.45. The summed E-state index contributed by atoms with van der Waals surface area (Å²) < 4.78 is 5.27. The van der Waals surface area contributed by atoms with E-state index >= 15 is 0 Å². The van der Waals surface area contributed by atoms with Gasteiger partial charge in [0.05, 0.1) is 16.6 Å². The Bertz CT molecular complexity index is 1050. The number of amides is 1. The molecule has 30 heavy (non-hydrogen) atoms. The highest BCUT2D eigenvalue weighted by Crippen LogP contribution is 2.39. The number of benzene rings is 1. The van der Waals surface area contributed by atoms with Crippen molar-refractivity contribution in [1.82, 2.24) is 15.5 Å². The van der Waals surface area contributed by atoms with Gasteiger partial charge in [0.25, 0.3) is 11.6 Å². The van der Waals surface area contributed by atoms with E-state index in [1.807, 2.05) is 38.1 Å². The predicted octanol–water partition coefficient (Wildman–Crippen LogP) is 4.57. The molecule has 0 aliphatic heterocycles. The summed E-state index contributed by atoms with van der Waals surface area (Å²) in [5.41, 5.74) is 9.09. The normalized spacial score (nSPS) is 21.8. The fraction of sp³-hybridized carbons (Fsp3) is 0.435. The van der Waals surface area contributed by atoms with Crippen LogP contribution in [0.4, 0.5) is 0 Å². The number of nitrogens with zero attached hydrogens (tertiary/aromatic N) is 2. The predicted molar refractivity (Wildman–Crippen MR) is 118 cm³/mol. The van der Waals surface area contributed by atoms with Gasteiger partial charge >= 0.3 is 0 Å². The highest BCUT2D eigenvalue weighted by molar-refractivity contribution is 6.30. The van der Waals surface area contributed by atoms with Crippen LogP contribution in [0.3, 0.4) is 0 Å². The first kappa shape index (κ1) is 20.8. The van der Waals surface area contributed by atoms with Crippen LogP contribution >= 0.6 is 11.6 Å². The third-order valence-electron chi connectivity index (χ3n) is 6.27. The van der Waals surface area contributed by atoms with Gasteiger partial charge in [0.1, 0.15) is 0 Å². The molecule has 0 saturated heterocycles. The molecule has 6 nitrogen and oxygen atoms in total. The number of hydrogen-bond donors (Lipinski definition) is 2. The Balaban J connectivity index is 1.45. The lowest BCUT2D eigenvalue weighted by molar-refractivity contribution is 0.0917. The number of nitrogens with two attached hydrogens (primary N) is 1. The Morgan fingerprint density at radius 2 is 2.10 bits per heavy atom. The molecule has 7 heteroatoms. The first-order valence-corrected chi connectivity index (χ1v) is 10.8. The third-order valence-corrected chi connectivity index (χ3v) is 6.51. The van der Waals surface area contributed by atoms with Crippen molar-refractivity contribution < 1.29 is 9.32 Å². The van der Waals surface area contributed by atoms with Crippen molar-refractivity contribution in [1.29, 1.82) is 0 Å². The molecule has 0 radical (unpaired) electrons. The minimum atomic E-state index is -0.117. The van der Waals surface area contributed by atoms with Crippen molar-refractivity contribution in [3.8, 4) is 0 Å². The smallest absolute Gasteiger partial charge is 0.257 e. The van der Waals surface area contributed by atoms with Crippen LogP contribution in [-0.4, -0.2) is 28.6 Å². The highest BCUT2D eigenvalue weighted by atomic mass is 35.5. The summed E-state index contributed by atoms with van der Waals surface area (Å²) in [6.07, 6.45) is 5.11. The minimum Gasteiger partial charge on any atom is -0.349 e. The maximum atomic E-state index is 12.9. The van der Waals surface area contributed by atoms with E-state index in [9.17, 15) is 4.79 Å². The topological polar surface area (TPSA) is 94.0 Å². The number of fused-ring (bicyclic) bond motifs is 1. The minimum absolute atomic E-state index is 0.0821. The van der Waals surface area contributed by atoms with Crippen molar-refractivity contribution in [2.24, 2.45) is 5.73 Å². The van der Waals surface area contributed by atoms with Crippen LogP contribution in [0, 0.1) is 0 Å². The molecular weight excluding hydrogens is 400 g/mol. The monoisotopic (exact) mass is 426 g/mol. The summed E-state index contributed by atoms with van der Waals surface area (Å²) in [7, 11) is 0. The standard InChI is InChI=1S/C23H27ClN4O2/c1-14(2)20-19-10-15(12-26-22(19)30-28-20)21(29)27-18-6-8-23(13-25,9-7-18)16-4-3-5-17(24)11-16/h3-5,10-12,14,18H,6-9,13,25H2,1-2H3,(H,27,29)/t18-,23-. The summed E-state index contributed by atoms with van der Waals surface area (Å²) >= 11 is 6.20. The fourth-order valence-corrected chi connectivity index (χ4v) is 4.59. The first-order valence-electron chi connectivity index (χ1n) is 10.4. The van der Waals surface area contributed by atoms with Crippen LogP contribution in [0.15, 0.2) is 41.1 Å². The Morgan fingerprint density at radius 3 is 2.77 bits per heavy atom. The molecule has 0 bridgehead atoms. The molecule has 1 aromatic carbocycles. The van der Waals surface area contributed by atoms with Crippen LogP contribution in [0.1, 0.15) is 67.1 Å². The lowest BCUT2D eigenvalue weighted by atomic mass is 9.68. The molecule has 1 amide bonds. The van der Waals surface area contributed by atoms with Gasteiger partial charge in [-0.3, -0.25) is 4.79 Å². The van der Waals surface area contributed by atoms with Crippen LogP contribution in [-0.2, 0) is 5.41 Å². The molecule has 2 aromatic heterocycles. The number of aromatic nitrogens is 2. The zero-order valence-corrected chi connectivity index (χ0v) is 18.1. The molecule has 1 fully saturated rings. The van der Waals surface area contributed by atoms with E-state index in [0.717, 1.165) is 41.8 Å². The van der Waals surface area contributed by atoms with Gasteiger partial charge in [0.2, 0.25) is 0 Å². The zero-order valence-electron chi connectivity index (χ0n) is 17.3. The van der Waals surface area contributed by atoms with Crippen molar-refractivity contribution in [2.75, 3.05) is 6.54 Å². The summed E-state index contributed by atoms with van der Waals surface area (Å²) in [6.45, 7) is 4.64. The summed E-state index contributed by atoms with van der Waals surface area (Å²) in [5, 5.41) is 8.77. The average Bonchev–Trinajstić information content (AvgIpc) is 3.18. The van der Waals surface area contributed by atoms with Crippen LogP contribution in [0.25, 0.3) is 11.1 Å². The van der Waals surface area contributed by atoms with Gasteiger partial charge in [-0.05, 0) is 55.4 Å². The van der Waals surface area contributed by atoms with E-state index in [0.29, 0.717) is 17.8 Å². The maximum Gasteiger partial charge on any atom is 0.257 e. The molecule has 3 N–H and O–H groups in total. The number of hydrogen-bond acceptors (Lipinski definition) is 5. The van der Waals surface area contributed by atoms with E-state index < -0.39 is 0 Å². The Kier molecular flexibility index (Phi) is 5.80. The molecule has 3 aromatic rings. The quantitative estimate of drug-likeness (QED) is 0.623. The summed E-state index contributed by atoms with van der Waals surface area (Å²) in [5.74, 6) is 0.0777. The van der Waals surface area contributed by atoms with Gasteiger partial charge in [0, 0.05) is 29.2 Å². The van der Waals surface area contributed by atoms with Gasteiger partial charge in [-0.15, -0.1) is 0 Å². The number of pyridine rings is 1. The Labute approximate surface area is 181 Å². The Morgan fingerprint density at radius 1 is 1.33 bits per heavy atom. The molecule has 1 aliphatic carbocycles. The van der Waals surface area contributed by atoms with Crippen LogP contribution in [0.5, 0.6) is 0 Å².